The molecule has 0 fully saturated rings. The lowest BCUT2D eigenvalue weighted by Crippen LogP contribution is -2.30. The lowest BCUT2D eigenvalue weighted by atomic mass is 10.0. The number of rotatable bonds is 55. The van der Waals surface area contributed by atoms with Crippen LogP contribution in [0.4, 0.5) is 0 Å². The van der Waals surface area contributed by atoms with Gasteiger partial charge >= 0.3 is 17.9 Å². The van der Waals surface area contributed by atoms with Crippen molar-refractivity contribution in [2.75, 3.05) is 13.2 Å². The molecule has 0 aliphatic heterocycles. The minimum Gasteiger partial charge on any atom is -0.462 e. The molecule has 6 heteroatoms. The molecule has 0 radical (unpaired) electrons. The summed E-state index contributed by atoms with van der Waals surface area (Å²) in [5, 5.41) is 0. The topological polar surface area (TPSA) is 78.9 Å². The van der Waals surface area contributed by atoms with E-state index < -0.39 is 6.10 Å². The minimum absolute atomic E-state index is 0.0615. The van der Waals surface area contributed by atoms with Crippen LogP contribution in [-0.2, 0) is 28.6 Å². The van der Waals surface area contributed by atoms with E-state index in [0.29, 0.717) is 19.3 Å². The first-order chi connectivity index (χ1) is 32.4. The first-order valence-electron chi connectivity index (χ1n) is 29.9. The second-order valence-electron chi connectivity index (χ2n) is 21.1. The molecule has 0 rings (SSSR count). The van der Waals surface area contributed by atoms with Crippen LogP contribution in [0.3, 0.4) is 0 Å². The Hall–Kier alpha value is -1.59. The van der Waals surface area contributed by atoms with Crippen LogP contribution in [0.25, 0.3) is 0 Å². The van der Waals surface area contributed by atoms with Gasteiger partial charge in [-0.25, -0.2) is 0 Å². The SMILES string of the molecule is CCCCCCCCCCCCCCCCCCCC(=O)OC[C@H](COC(=O)CCCCCCCCCCCCCCCC)OC(=O)CCCCCCCCCCCCCCCCC(C)C. The standard InChI is InChI=1S/C60H116O6/c1-5-7-9-11-13-15-17-19-21-22-23-28-32-36-40-44-48-52-59(62)65-55-57(54-64-58(61)51-47-43-39-35-31-27-20-18-16-14-12-10-8-6-2)66-60(63)53-49-45-41-37-33-29-25-24-26-30-34-38-42-46-50-56(3)4/h56-57H,5-55H2,1-4H3/t57-/m0/s1. The van der Waals surface area contributed by atoms with E-state index in [0.717, 1.165) is 63.7 Å². The molecule has 0 unspecified atom stereocenters. The highest BCUT2D eigenvalue weighted by molar-refractivity contribution is 5.71. The highest BCUT2D eigenvalue weighted by atomic mass is 16.6. The van der Waals surface area contributed by atoms with Crippen molar-refractivity contribution < 1.29 is 28.6 Å². The molecule has 0 spiro atoms. The van der Waals surface area contributed by atoms with E-state index in [1.54, 1.807) is 0 Å². The Morgan fingerprint density at radius 3 is 0.742 bits per heavy atom. The predicted molar refractivity (Wildman–Crippen MR) is 284 cm³/mol. The van der Waals surface area contributed by atoms with Gasteiger partial charge in [-0.2, -0.15) is 0 Å². The van der Waals surface area contributed by atoms with Crippen LogP contribution in [0.15, 0.2) is 0 Å². The van der Waals surface area contributed by atoms with Gasteiger partial charge in [0.15, 0.2) is 6.10 Å². The van der Waals surface area contributed by atoms with E-state index in [1.165, 1.54) is 238 Å². The van der Waals surface area contributed by atoms with Gasteiger partial charge < -0.3 is 14.2 Å². The molecule has 0 saturated heterocycles. The van der Waals surface area contributed by atoms with Crippen molar-refractivity contribution in [3.05, 3.63) is 0 Å². The van der Waals surface area contributed by atoms with Gasteiger partial charge in [-0.05, 0) is 25.2 Å². The Morgan fingerprint density at radius 1 is 0.288 bits per heavy atom. The van der Waals surface area contributed by atoms with E-state index in [2.05, 4.69) is 27.7 Å². The fraction of sp³-hybridized carbons (Fsp3) is 0.950. The molecule has 1 atom stereocenters. The fourth-order valence-corrected chi connectivity index (χ4v) is 9.28. The summed E-state index contributed by atoms with van der Waals surface area (Å²) in [5.41, 5.74) is 0. The van der Waals surface area contributed by atoms with Gasteiger partial charge in [-0.15, -0.1) is 0 Å². The summed E-state index contributed by atoms with van der Waals surface area (Å²) in [6.45, 7) is 9.07. The molecule has 0 aromatic heterocycles. The average Bonchev–Trinajstić information content (AvgIpc) is 3.30. The molecular weight excluding hydrogens is 817 g/mol. The molecule has 66 heavy (non-hydrogen) atoms. The lowest BCUT2D eigenvalue weighted by Gasteiger charge is -2.18. The van der Waals surface area contributed by atoms with Gasteiger partial charge in [0.25, 0.3) is 0 Å². The van der Waals surface area contributed by atoms with Crippen molar-refractivity contribution in [2.45, 2.75) is 348 Å². The van der Waals surface area contributed by atoms with Gasteiger partial charge in [-0.1, -0.05) is 304 Å². The van der Waals surface area contributed by atoms with Crippen LogP contribution in [0.2, 0.25) is 0 Å². The molecule has 0 aliphatic carbocycles. The molecule has 0 amide bonds. The summed E-state index contributed by atoms with van der Waals surface area (Å²) in [6.07, 6.45) is 59.5. The summed E-state index contributed by atoms with van der Waals surface area (Å²) >= 11 is 0. The van der Waals surface area contributed by atoms with Crippen molar-refractivity contribution >= 4 is 17.9 Å². The second kappa shape index (κ2) is 54.4. The van der Waals surface area contributed by atoms with Crippen molar-refractivity contribution in [1.29, 1.82) is 0 Å². The molecule has 392 valence electrons. The number of carbonyl (C=O) groups excluding carboxylic acids is 3. The Balaban J connectivity index is 4.29. The van der Waals surface area contributed by atoms with Crippen molar-refractivity contribution in [1.82, 2.24) is 0 Å². The molecule has 0 aromatic rings. The first kappa shape index (κ1) is 64.4. The maximum atomic E-state index is 12.9. The maximum Gasteiger partial charge on any atom is 0.306 e. The second-order valence-corrected chi connectivity index (χ2v) is 21.1. The van der Waals surface area contributed by atoms with Gasteiger partial charge in [0, 0.05) is 19.3 Å². The quantitative estimate of drug-likeness (QED) is 0.0343. The zero-order chi connectivity index (χ0) is 48.1. The molecule has 0 N–H and O–H groups in total. The van der Waals surface area contributed by atoms with Gasteiger partial charge in [-0.3, -0.25) is 14.4 Å². The summed E-state index contributed by atoms with van der Waals surface area (Å²) < 4.78 is 16.9. The van der Waals surface area contributed by atoms with Crippen LogP contribution in [0, 0.1) is 5.92 Å². The smallest absolute Gasteiger partial charge is 0.306 e. The van der Waals surface area contributed by atoms with Crippen LogP contribution >= 0.6 is 0 Å². The molecule has 0 aliphatic rings. The molecule has 6 nitrogen and oxygen atoms in total. The van der Waals surface area contributed by atoms with Crippen LogP contribution < -0.4 is 0 Å². The summed E-state index contributed by atoms with van der Waals surface area (Å²) in [6, 6.07) is 0. The third kappa shape index (κ3) is 53.4. The van der Waals surface area contributed by atoms with E-state index in [-0.39, 0.29) is 31.1 Å². The average molecular weight is 934 g/mol. The number of unbranched alkanes of at least 4 members (excludes halogenated alkanes) is 42. The zero-order valence-electron chi connectivity index (χ0n) is 45.2. The summed E-state index contributed by atoms with van der Waals surface area (Å²) in [4.78, 5) is 38.2. The normalized spacial score (nSPS) is 12.0. The zero-order valence-corrected chi connectivity index (χ0v) is 45.2. The van der Waals surface area contributed by atoms with Crippen LogP contribution in [0.5, 0.6) is 0 Å². The van der Waals surface area contributed by atoms with E-state index in [4.69, 9.17) is 14.2 Å². The maximum absolute atomic E-state index is 12.9. The Morgan fingerprint density at radius 2 is 0.500 bits per heavy atom. The third-order valence-corrected chi connectivity index (χ3v) is 13.8. The molecule has 0 heterocycles. The Bertz CT molecular complexity index is 996. The highest BCUT2D eigenvalue weighted by Gasteiger charge is 2.19. The highest BCUT2D eigenvalue weighted by Crippen LogP contribution is 2.18. The van der Waals surface area contributed by atoms with Crippen molar-refractivity contribution in [2.24, 2.45) is 5.92 Å². The number of hydrogen-bond donors (Lipinski definition) is 0. The minimum atomic E-state index is -0.762. The third-order valence-electron chi connectivity index (χ3n) is 13.8. The summed E-state index contributed by atoms with van der Waals surface area (Å²) in [5.74, 6) is 0.0112. The van der Waals surface area contributed by atoms with E-state index >= 15 is 0 Å². The lowest BCUT2D eigenvalue weighted by molar-refractivity contribution is -0.167. The predicted octanol–water partition coefficient (Wildman–Crippen LogP) is 19.8. The molecule has 0 aromatic carbocycles. The molecule has 0 bridgehead atoms. The molecule has 0 saturated carbocycles. The van der Waals surface area contributed by atoms with Gasteiger partial charge in [0.2, 0.25) is 0 Å². The fourth-order valence-electron chi connectivity index (χ4n) is 9.28. The Kier molecular flexibility index (Phi) is 53.0. The number of esters is 3. The first-order valence-corrected chi connectivity index (χ1v) is 29.9. The summed E-state index contributed by atoms with van der Waals surface area (Å²) in [7, 11) is 0. The number of carbonyl (C=O) groups is 3. The van der Waals surface area contributed by atoms with E-state index in [9.17, 15) is 14.4 Å². The Labute approximate surface area is 412 Å². The van der Waals surface area contributed by atoms with Crippen molar-refractivity contribution in [3.8, 4) is 0 Å². The van der Waals surface area contributed by atoms with E-state index in [1.807, 2.05) is 0 Å². The number of hydrogen-bond acceptors (Lipinski definition) is 6. The van der Waals surface area contributed by atoms with Crippen LogP contribution in [-0.4, -0.2) is 37.2 Å². The van der Waals surface area contributed by atoms with Crippen LogP contribution in [0.1, 0.15) is 342 Å². The monoisotopic (exact) mass is 933 g/mol. The van der Waals surface area contributed by atoms with Gasteiger partial charge in [0.05, 0.1) is 0 Å². The van der Waals surface area contributed by atoms with Gasteiger partial charge in [0.1, 0.15) is 13.2 Å². The van der Waals surface area contributed by atoms with Crippen molar-refractivity contribution in [3.63, 3.8) is 0 Å². The number of ether oxygens (including phenoxy) is 3. The molecular formula is C60H116O6. The largest absolute Gasteiger partial charge is 0.462 e.